The van der Waals surface area contributed by atoms with Crippen LogP contribution in [0.15, 0.2) is 133 Å². The minimum Gasteiger partial charge on any atom is -0.236 e. The van der Waals surface area contributed by atoms with Crippen molar-refractivity contribution in [3.05, 3.63) is 166 Å². The molecule has 0 bridgehead atoms. The maximum atomic E-state index is 4.94. The van der Waals surface area contributed by atoms with Crippen molar-refractivity contribution in [3.8, 4) is 21.1 Å². The minimum atomic E-state index is 0.290. The average Bonchev–Trinajstić information content (AvgIpc) is 3.71. The van der Waals surface area contributed by atoms with E-state index in [1.54, 1.807) is 22.7 Å². The van der Waals surface area contributed by atoms with Crippen LogP contribution in [0.5, 0.6) is 0 Å². The van der Waals surface area contributed by atoms with Crippen molar-refractivity contribution < 1.29 is 0 Å². The van der Waals surface area contributed by atoms with Gasteiger partial charge >= 0.3 is 0 Å². The number of aryl methyl sites for hydroxylation is 2. The zero-order valence-electron chi connectivity index (χ0n) is 25.6. The molecule has 7 aromatic rings. The quantitative estimate of drug-likeness (QED) is 0.194. The number of hydrogen-bond donors (Lipinski definition) is 0. The molecule has 2 aromatic heterocycles. The molecule has 2 aliphatic carbocycles. The first kappa shape index (κ1) is 27.4. The van der Waals surface area contributed by atoms with E-state index in [-0.39, 0.29) is 0 Å². The van der Waals surface area contributed by atoms with E-state index in [1.165, 1.54) is 64.4 Å². The van der Waals surface area contributed by atoms with Gasteiger partial charge in [-0.1, -0.05) is 103 Å². The summed E-state index contributed by atoms with van der Waals surface area (Å²) in [4.78, 5) is 9.87. The van der Waals surface area contributed by atoms with E-state index >= 15 is 0 Å². The van der Waals surface area contributed by atoms with Crippen molar-refractivity contribution >= 4 is 54.3 Å². The van der Waals surface area contributed by atoms with Gasteiger partial charge in [0.25, 0.3) is 0 Å². The van der Waals surface area contributed by atoms with Crippen molar-refractivity contribution in [2.75, 3.05) is 0 Å². The number of allylic oxidation sites excluding steroid dienone is 4. The highest BCUT2D eigenvalue weighted by atomic mass is 32.1. The molecule has 0 spiro atoms. The van der Waals surface area contributed by atoms with Crippen molar-refractivity contribution in [1.29, 1.82) is 0 Å². The van der Waals surface area contributed by atoms with Crippen LogP contribution >= 0.6 is 22.7 Å². The fourth-order valence-corrected chi connectivity index (χ4v) is 9.14. The zero-order valence-corrected chi connectivity index (χ0v) is 27.3. The second-order valence-corrected chi connectivity index (χ2v) is 14.4. The first-order valence-electron chi connectivity index (χ1n) is 15.8. The fraction of sp³-hybridized carbons (Fsp3) is 0.0952. The number of fused-ring (bicyclic) bond motifs is 4. The van der Waals surface area contributed by atoms with Gasteiger partial charge in [-0.25, -0.2) is 9.97 Å². The molecule has 0 amide bonds. The van der Waals surface area contributed by atoms with E-state index in [9.17, 15) is 0 Å². The molecular weight excluding hydrogens is 597 g/mol. The molecule has 46 heavy (non-hydrogen) atoms. The van der Waals surface area contributed by atoms with Crippen LogP contribution in [0.1, 0.15) is 28.7 Å². The van der Waals surface area contributed by atoms with Crippen molar-refractivity contribution in [2.45, 2.75) is 20.3 Å². The summed E-state index contributed by atoms with van der Waals surface area (Å²) in [6, 6.07) is 40.1. The lowest BCUT2D eigenvalue weighted by atomic mass is 9.72. The molecule has 220 valence electrons. The Balaban J connectivity index is 1.16. The van der Waals surface area contributed by atoms with Gasteiger partial charge in [-0.3, -0.25) is 0 Å². The lowest BCUT2D eigenvalue weighted by Gasteiger charge is -2.31. The Morgan fingerprint density at radius 2 is 1.13 bits per heavy atom. The van der Waals surface area contributed by atoms with Gasteiger partial charge in [-0.2, -0.15) is 0 Å². The largest absolute Gasteiger partial charge is 0.236 e. The molecule has 2 aliphatic rings. The third-order valence-electron chi connectivity index (χ3n) is 9.23. The molecule has 9 rings (SSSR count). The van der Waals surface area contributed by atoms with E-state index in [1.807, 2.05) is 0 Å². The maximum absolute atomic E-state index is 4.94. The van der Waals surface area contributed by atoms with Gasteiger partial charge in [0.2, 0.25) is 0 Å². The monoisotopic (exact) mass is 626 g/mol. The Hall–Kier alpha value is -4.90. The molecule has 0 N–H and O–H groups in total. The van der Waals surface area contributed by atoms with Gasteiger partial charge in [-0.05, 0) is 93.9 Å². The van der Waals surface area contributed by atoms with Crippen LogP contribution in [0, 0.1) is 19.8 Å². The highest BCUT2D eigenvalue weighted by Gasteiger charge is 2.29. The molecule has 0 saturated carbocycles. The molecule has 0 aliphatic heterocycles. The van der Waals surface area contributed by atoms with Crippen LogP contribution in [-0.2, 0) is 0 Å². The first-order chi connectivity index (χ1) is 22.6. The summed E-state index contributed by atoms with van der Waals surface area (Å²) < 4.78 is 2.48. The van der Waals surface area contributed by atoms with E-state index in [2.05, 4.69) is 141 Å². The number of aromatic nitrogens is 2. The predicted molar refractivity (Wildman–Crippen MR) is 196 cm³/mol. The molecular formula is C42H30N2S2. The summed E-state index contributed by atoms with van der Waals surface area (Å²) in [5.74, 6) is 0.290. The molecule has 2 heterocycles. The van der Waals surface area contributed by atoms with Gasteiger partial charge in [0.05, 0.1) is 20.4 Å². The molecule has 1 atom stereocenters. The second-order valence-electron chi connectivity index (χ2n) is 12.3. The number of rotatable bonds is 4. The second kappa shape index (κ2) is 10.9. The third-order valence-corrected chi connectivity index (χ3v) is 11.4. The number of thiazole rings is 2. The number of nitrogens with zero attached hydrogens (tertiary/aromatic N) is 2. The molecule has 0 fully saturated rings. The topological polar surface area (TPSA) is 25.8 Å². The van der Waals surface area contributed by atoms with Crippen LogP contribution in [0.3, 0.4) is 0 Å². The normalized spacial score (nSPS) is 15.7. The highest BCUT2D eigenvalue weighted by molar-refractivity contribution is 7.22. The Labute approximate surface area is 276 Å². The van der Waals surface area contributed by atoms with Crippen LogP contribution < -0.4 is 10.4 Å². The summed E-state index contributed by atoms with van der Waals surface area (Å²) in [7, 11) is 0. The molecule has 2 nitrogen and oxygen atoms in total. The Morgan fingerprint density at radius 3 is 1.74 bits per heavy atom. The molecule has 0 radical (unpaired) electrons. The molecule has 5 aromatic carbocycles. The lowest BCUT2D eigenvalue weighted by Crippen LogP contribution is -2.37. The summed E-state index contributed by atoms with van der Waals surface area (Å²) >= 11 is 3.54. The van der Waals surface area contributed by atoms with Gasteiger partial charge in [0, 0.05) is 17.0 Å². The minimum absolute atomic E-state index is 0.290. The van der Waals surface area contributed by atoms with Crippen LogP contribution in [0.2, 0.25) is 0 Å². The molecule has 4 heteroatoms. The zero-order chi connectivity index (χ0) is 30.8. The smallest absolute Gasteiger partial charge is 0.124 e. The fourth-order valence-electron chi connectivity index (χ4n) is 7.00. The Morgan fingerprint density at radius 1 is 0.587 bits per heavy atom. The van der Waals surface area contributed by atoms with Crippen LogP contribution in [0.4, 0.5) is 0 Å². The van der Waals surface area contributed by atoms with Crippen molar-refractivity contribution in [3.63, 3.8) is 0 Å². The predicted octanol–water partition coefficient (Wildman–Crippen LogP) is 9.77. The van der Waals surface area contributed by atoms with E-state index in [0.29, 0.717) is 5.92 Å². The summed E-state index contributed by atoms with van der Waals surface area (Å²) in [5.41, 5.74) is 13.7. The van der Waals surface area contributed by atoms with E-state index in [0.717, 1.165) is 33.0 Å². The van der Waals surface area contributed by atoms with Crippen LogP contribution in [-0.4, -0.2) is 9.97 Å². The van der Waals surface area contributed by atoms with Crippen molar-refractivity contribution in [1.82, 2.24) is 9.97 Å². The van der Waals surface area contributed by atoms with Crippen LogP contribution in [0.25, 0.3) is 52.7 Å². The molecule has 1 unspecified atom stereocenters. The summed E-state index contributed by atoms with van der Waals surface area (Å²) in [6.07, 6.45) is 7.86. The lowest BCUT2D eigenvalue weighted by molar-refractivity contribution is 0.798. The standard InChI is InChI=1S/C42H30N2S2/c1-25-11-21-35-37(23-25)45-41(43-35)29-17-13-27(14-18-29)39-31-7-3-5-9-33(31)40(34-10-6-4-8-32(34)39)28-15-19-30(20-16-28)42-44-36-22-12-26(2)24-38(36)46-42/h3-9,11-24,34H,10H2,1-2H3. The van der Waals surface area contributed by atoms with Gasteiger partial charge in [0.1, 0.15) is 10.0 Å². The SMILES string of the molecule is Cc1ccc2nc(-c3ccc(C4=c5ccccc5=C(c5ccc(-c6nc7ccc(C)cc7s6)cc5)C5CC=CC=C45)cc3)sc2c1. The Bertz CT molecular complexity index is 2510. The van der Waals surface area contributed by atoms with Crippen molar-refractivity contribution in [2.24, 2.45) is 5.92 Å². The number of hydrogen-bond acceptors (Lipinski definition) is 4. The van der Waals surface area contributed by atoms with Gasteiger partial charge in [-0.15, -0.1) is 22.7 Å². The average molecular weight is 627 g/mol. The highest BCUT2D eigenvalue weighted by Crippen LogP contribution is 2.41. The van der Waals surface area contributed by atoms with E-state index < -0.39 is 0 Å². The summed E-state index contributed by atoms with van der Waals surface area (Å²) in [6.45, 7) is 4.27. The van der Waals surface area contributed by atoms with Gasteiger partial charge in [0.15, 0.2) is 0 Å². The Kier molecular flexibility index (Phi) is 6.48. The number of benzene rings is 5. The van der Waals surface area contributed by atoms with Gasteiger partial charge < -0.3 is 0 Å². The molecule has 0 saturated heterocycles. The summed E-state index contributed by atoms with van der Waals surface area (Å²) in [5, 5.41) is 4.76. The first-order valence-corrected chi connectivity index (χ1v) is 17.4. The van der Waals surface area contributed by atoms with E-state index in [4.69, 9.17) is 9.97 Å². The third kappa shape index (κ3) is 4.60. The maximum Gasteiger partial charge on any atom is 0.124 e.